The molecule has 0 saturated carbocycles. The molecule has 1 unspecified atom stereocenters. The summed E-state index contributed by atoms with van der Waals surface area (Å²) in [5.74, 6) is -1.65. The molecular formula is C21H22N2O5. The van der Waals surface area contributed by atoms with Crippen LogP contribution in [0.2, 0.25) is 0 Å². The van der Waals surface area contributed by atoms with Crippen molar-refractivity contribution in [2.75, 3.05) is 13.2 Å². The van der Waals surface area contributed by atoms with Crippen LogP contribution < -0.4 is 10.6 Å². The topological polar surface area (TPSA) is 105 Å². The van der Waals surface area contributed by atoms with Gasteiger partial charge in [0, 0.05) is 30.8 Å². The molecule has 2 aromatic rings. The maximum Gasteiger partial charge on any atom is 0.335 e. The van der Waals surface area contributed by atoms with Crippen molar-refractivity contribution in [2.24, 2.45) is 0 Å². The third-order valence-corrected chi connectivity index (χ3v) is 4.53. The van der Waals surface area contributed by atoms with E-state index in [9.17, 15) is 14.4 Å². The van der Waals surface area contributed by atoms with Crippen molar-refractivity contribution in [1.29, 1.82) is 0 Å². The smallest absolute Gasteiger partial charge is 0.335 e. The molecule has 1 aliphatic rings. The Morgan fingerprint density at radius 3 is 2.36 bits per heavy atom. The lowest BCUT2D eigenvalue weighted by Gasteiger charge is -2.11. The van der Waals surface area contributed by atoms with Gasteiger partial charge in [0.1, 0.15) is 0 Å². The Hall–Kier alpha value is -3.19. The predicted octanol–water partition coefficient (Wildman–Crippen LogP) is 2.22. The molecule has 2 aromatic carbocycles. The van der Waals surface area contributed by atoms with Crippen LogP contribution in [0.1, 0.15) is 49.5 Å². The van der Waals surface area contributed by atoms with Gasteiger partial charge in [0.2, 0.25) is 0 Å². The minimum atomic E-state index is -1.09. The Morgan fingerprint density at radius 1 is 0.964 bits per heavy atom. The van der Waals surface area contributed by atoms with Crippen LogP contribution >= 0.6 is 0 Å². The molecule has 2 amide bonds. The van der Waals surface area contributed by atoms with Gasteiger partial charge in [0.05, 0.1) is 11.7 Å². The molecule has 7 nitrogen and oxygen atoms in total. The number of hydrogen-bond acceptors (Lipinski definition) is 4. The molecule has 1 saturated heterocycles. The molecule has 0 spiro atoms. The summed E-state index contributed by atoms with van der Waals surface area (Å²) in [6.07, 6.45) is 2.05. The molecule has 3 N–H and O–H groups in total. The van der Waals surface area contributed by atoms with Crippen LogP contribution in [-0.4, -0.2) is 42.1 Å². The van der Waals surface area contributed by atoms with E-state index in [0.29, 0.717) is 12.1 Å². The summed E-state index contributed by atoms with van der Waals surface area (Å²) in [4.78, 5) is 35.6. The quantitative estimate of drug-likeness (QED) is 0.681. The normalized spacial score (nSPS) is 15.8. The van der Waals surface area contributed by atoms with Crippen molar-refractivity contribution in [1.82, 2.24) is 10.6 Å². The van der Waals surface area contributed by atoms with Crippen LogP contribution in [0.25, 0.3) is 0 Å². The predicted molar refractivity (Wildman–Crippen MR) is 102 cm³/mol. The SMILES string of the molecule is O=C(O)c1cccc(C(=O)NCc2cccc(C(=O)NCC3CCCO3)c2)c1. The molecule has 0 aliphatic carbocycles. The standard InChI is InChI=1S/C21H22N2O5/c24-19(23-13-18-8-3-9-28-18)15-5-1-4-14(10-15)12-22-20(25)16-6-2-7-17(11-16)21(26)27/h1-2,4-7,10-11,18H,3,8-9,12-13H2,(H,22,25)(H,23,24)(H,26,27). The zero-order chi connectivity index (χ0) is 19.9. The lowest BCUT2D eigenvalue weighted by molar-refractivity contribution is 0.0696. The van der Waals surface area contributed by atoms with Gasteiger partial charge < -0.3 is 20.5 Å². The second-order valence-electron chi connectivity index (χ2n) is 6.61. The van der Waals surface area contributed by atoms with Crippen LogP contribution in [0.3, 0.4) is 0 Å². The number of hydrogen-bond donors (Lipinski definition) is 3. The highest BCUT2D eigenvalue weighted by Gasteiger charge is 2.17. The maximum absolute atomic E-state index is 12.3. The van der Waals surface area contributed by atoms with E-state index < -0.39 is 5.97 Å². The summed E-state index contributed by atoms with van der Waals surface area (Å²) in [6.45, 7) is 1.45. The molecule has 0 radical (unpaired) electrons. The summed E-state index contributed by atoms with van der Waals surface area (Å²) in [7, 11) is 0. The van der Waals surface area contributed by atoms with E-state index in [0.717, 1.165) is 25.0 Å². The third kappa shape index (κ3) is 5.17. The van der Waals surface area contributed by atoms with Crippen molar-refractivity contribution in [2.45, 2.75) is 25.5 Å². The first kappa shape index (κ1) is 19.6. The van der Waals surface area contributed by atoms with Gasteiger partial charge in [-0.3, -0.25) is 9.59 Å². The molecule has 28 heavy (non-hydrogen) atoms. The van der Waals surface area contributed by atoms with Crippen LogP contribution in [0.5, 0.6) is 0 Å². The number of carbonyl (C=O) groups is 3. The second-order valence-corrected chi connectivity index (χ2v) is 6.61. The first-order valence-electron chi connectivity index (χ1n) is 9.13. The molecule has 7 heteroatoms. The Morgan fingerprint density at radius 2 is 1.64 bits per heavy atom. The number of rotatable bonds is 7. The minimum absolute atomic E-state index is 0.0533. The van der Waals surface area contributed by atoms with Gasteiger partial charge in [0.25, 0.3) is 11.8 Å². The fraction of sp³-hybridized carbons (Fsp3) is 0.286. The Labute approximate surface area is 162 Å². The number of amides is 2. The summed E-state index contributed by atoms with van der Waals surface area (Å²) < 4.78 is 5.49. The third-order valence-electron chi connectivity index (χ3n) is 4.53. The first-order chi connectivity index (χ1) is 13.5. The molecule has 1 aliphatic heterocycles. The lowest BCUT2D eigenvalue weighted by atomic mass is 10.1. The van der Waals surface area contributed by atoms with Crippen LogP contribution in [0.15, 0.2) is 48.5 Å². The molecule has 1 fully saturated rings. The number of carboxylic acids is 1. The fourth-order valence-electron chi connectivity index (χ4n) is 3.01. The van der Waals surface area contributed by atoms with E-state index in [-0.39, 0.29) is 35.6 Å². The maximum atomic E-state index is 12.3. The molecule has 0 bridgehead atoms. The van der Waals surface area contributed by atoms with Crippen molar-refractivity contribution < 1.29 is 24.2 Å². The molecular weight excluding hydrogens is 360 g/mol. The van der Waals surface area contributed by atoms with Gasteiger partial charge >= 0.3 is 5.97 Å². The minimum Gasteiger partial charge on any atom is -0.478 e. The monoisotopic (exact) mass is 382 g/mol. The van der Waals surface area contributed by atoms with Gasteiger partial charge in [-0.05, 0) is 48.7 Å². The fourth-order valence-corrected chi connectivity index (χ4v) is 3.01. The number of benzene rings is 2. The van der Waals surface area contributed by atoms with E-state index >= 15 is 0 Å². The zero-order valence-corrected chi connectivity index (χ0v) is 15.3. The van der Waals surface area contributed by atoms with Gasteiger partial charge in [-0.2, -0.15) is 0 Å². The largest absolute Gasteiger partial charge is 0.478 e. The van der Waals surface area contributed by atoms with E-state index in [1.165, 1.54) is 18.2 Å². The number of carbonyl (C=O) groups excluding carboxylic acids is 2. The number of ether oxygens (including phenoxy) is 1. The summed E-state index contributed by atoms with van der Waals surface area (Å²) in [5, 5.41) is 14.6. The van der Waals surface area contributed by atoms with Gasteiger partial charge in [0.15, 0.2) is 0 Å². The number of nitrogens with one attached hydrogen (secondary N) is 2. The summed E-state index contributed by atoms with van der Waals surface area (Å²) >= 11 is 0. The first-order valence-corrected chi connectivity index (χ1v) is 9.13. The van der Waals surface area contributed by atoms with Crippen molar-refractivity contribution in [3.05, 3.63) is 70.8 Å². The lowest BCUT2D eigenvalue weighted by Crippen LogP contribution is -2.31. The zero-order valence-electron chi connectivity index (χ0n) is 15.3. The van der Waals surface area contributed by atoms with E-state index in [4.69, 9.17) is 9.84 Å². The molecule has 146 valence electrons. The summed E-state index contributed by atoms with van der Waals surface area (Å²) in [5.41, 5.74) is 1.60. The van der Waals surface area contributed by atoms with E-state index in [1.54, 1.807) is 24.3 Å². The average Bonchev–Trinajstić information content (AvgIpc) is 3.24. The van der Waals surface area contributed by atoms with Gasteiger partial charge in [-0.25, -0.2) is 4.79 Å². The second kappa shape index (κ2) is 9.14. The molecule has 3 rings (SSSR count). The van der Waals surface area contributed by atoms with Crippen molar-refractivity contribution >= 4 is 17.8 Å². The number of carboxylic acid groups (broad SMARTS) is 1. The molecule has 0 aromatic heterocycles. The van der Waals surface area contributed by atoms with Crippen molar-refractivity contribution in [3.63, 3.8) is 0 Å². The average molecular weight is 382 g/mol. The van der Waals surface area contributed by atoms with Crippen molar-refractivity contribution in [3.8, 4) is 0 Å². The summed E-state index contributed by atoms with van der Waals surface area (Å²) in [6, 6.07) is 12.8. The van der Waals surface area contributed by atoms with Gasteiger partial charge in [-0.15, -0.1) is 0 Å². The highest BCUT2D eigenvalue weighted by atomic mass is 16.5. The van der Waals surface area contributed by atoms with Gasteiger partial charge in [-0.1, -0.05) is 18.2 Å². The van der Waals surface area contributed by atoms with Crippen LogP contribution in [-0.2, 0) is 11.3 Å². The highest BCUT2D eigenvalue weighted by Crippen LogP contribution is 2.12. The Kier molecular flexibility index (Phi) is 6.39. The highest BCUT2D eigenvalue weighted by molar-refractivity contribution is 5.97. The van der Waals surface area contributed by atoms with Crippen LogP contribution in [0, 0.1) is 0 Å². The number of aromatic carboxylic acids is 1. The molecule has 1 heterocycles. The van der Waals surface area contributed by atoms with Crippen LogP contribution in [0.4, 0.5) is 0 Å². The molecule has 1 atom stereocenters. The van der Waals surface area contributed by atoms with E-state index in [2.05, 4.69) is 10.6 Å². The Bertz CT molecular complexity index is 875. The Balaban J connectivity index is 1.56. The van der Waals surface area contributed by atoms with E-state index in [1.807, 2.05) is 6.07 Å².